The number of amides is 2. The third-order valence-electron chi connectivity index (χ3n) is 3.62. The van der Waals surface area contributed by atoms with Gasteiger partial charge < -0.3 is 16.0 Å². The predicted octanol–water partition coefficient (Wildman–Crippen LogP) is 1.27. The van der Waals surface area contributed by atoms with E-state index in [1.165, 1.54) is 12.3 Å². The standard InChI is InChI=1S/C17H17N5O2/c18-16(23)15-10-13(11-20-15)17(24)19-8-6-12-2-4-14(5-3-12)22-9-1-7-21-22/h1-5,7,9-11,20H,6,8H2,(H2,18,23)(H,19,24). The van der Waals surface area contributed by atoms with Crippen LogP contribution >= 0.6 is 0 Å². The summed E-state index contributed by atoms with van der Waals surface area (Å²) < 4.78 is 1.79. The van der Waals surface area contributed by atoms with Crippen molar-refractivity contribution in [3.05, 3.63) is 71.8 Å². The molecule has 4 N–H and O–H groups in total. The summed E-state index contributed by atoms with van der Waals surface area (Å²) in [5.41, 5.74) is 7.84. The second-order valence-electron chi connectivity index (χ2n) is 5.29. The van der Waals surface area contributed by atoms with Crippen LogP contribution in [0.2, 0.25) is 0 Å². The van der Waals surface area contributed by atoms with E-state index in [9.17, 15) is 9.59 Å². The van der Waals surface area contributed by atoms with E-state index in [2.05, 4.69) is 15.4 Å². The van der Waals surface area contributed by atoms with Gasteiger partial charge in [0.15, 0.2) is 0 Å². The summed E-state index contributed by atoms with van der Waals surface area (Å²) in [6, 6.07) is 11.3. The van der Waals surface area contributed by atoms with E-state index in [1.54, 1.807) is 10.9 Å². The van der Waals surface area contributed by atoms with Crippen molar-refractivity contribution in [1.82, 2.24) is 20.1 Å². The smallest absolute Gasteiger partial charge is 0.265 e. The first kappa shape index (κ1) is 15.5. The molecule has 7 heteroatoms. The Kier molecular flexibility index (Phi) is 4.42. The van der Waals surface area contributed by atoms with Gasteiger partial charge in [0, 0.05) is 25.1 Å². The molecular formula is C17H17N5O2. The third kappa shape index (κ3) is 3.52. The fraction of sp³-hybridized carbons (Fsp3) is 0.118. The first-order chi connectivity index (χ1) is 11.6. The van der Waals surface area contributed by atoms with Gasteiger partial charge >= 0.3 is 0 Å². The highest BCUT2D eigenvalue weighted by Gasteiger charge is 2.10. The van der Waals surface area contributed by atoms with Gasteiger partial charge in [-0.1, -0.05) is 12.1 Å². The van der Waals surface area contributed by atoms with E-state index < -0.39 is 5.91 Å². The Morgan fingerprint density at radius 2 is 2.04 bits per heavy atom. The molecule has 0 radical (unpaired) electrons. The number of carbonyl (C=O) groups is 2. The van der Waals surface area contributed by atoms with Gasteiger partial charge in [0.2, 0.25) is 0 Å². The minimum Gasteiger partial charge on any atom is -0.364 e. The molecule has 3 aromatic rings. The second kappa shape index (κ2) is 6.82. The van der Waals surface area contributed by atoms with Crippen LogP contribution < -0.4 is 11.1 Å². The quantitative estimate of drug-likeness (QED) is 0.636. The number of nitrogens with two attached hydrogens (primary N) is 1. The summed E-state index contributed by atoms with van der Waals surface area (Å²) >= 11 is 0. The Labute approximate surface area is 138 Å². The van der Waals surface area contributed by atoms with Crippen molar-refractivity contribution >= 4 is 11.8 Å². The summed E-state index contributed by atoms with van der Waals surface area (Å²) in [5, 5.41) is 6.99. The number of nitrogens with zero attached hydrogens (tertiary/aromatic N) is 2. The summed E-state index contributed by atoms with van der Waals surface area (Å²) in [7, 11) is 0. The van der Waals surface area contributed by atoms with Crippen LogP contribution in [-0.2, 0) is 6.42 Å². The molecule has 0 saturated heterocycles. The SMILES string of the molecule is NC(=O)c1cc(C(=O)NCCc2ccc(-n3cccn3)cc2)c[nH]1. The monoisotopic (exact) mass is 323 g/mol. The van der Waals surface area contributed by atoms with Crippen LogP contribution in [0.4, 0.5) is 0 Å². The molecule has 0 aliphatic heterocycles. The lowest BCUT2D eigenvalue weighted by atomic mass is 10.1. The number of nitrogens with one attached hydrogen (secondary N) is 2. The van der Waals surface area contributed by atoms with E-state index in [0.29, 0.717) is 18.5 Å². The maximum absolute atomic E-state index is 12.0. The molecule has 122 valence electrons. The maximum atomic E-state index is 12.0. The molecule has 0 aliphatic rings. The Morgan fingerprint density at radius 1 is 1.25 bits per heavy atom. The molecule has 3 rings (SSSR count). The average Bonchev–Trinajstić information content (AvgIpc) is 3.27. The first-order valence-electron chi connectivity index (χ1n) is 7.49. The normalized spacial score (nSPS) is 10.5. The summed E-state index contributed by atoms with van der Waals surface area (Å²) in [5.74, 6) is -0.835. The van der Waals surface area contributed by atoms with Crippen molar-refractivity contribution in [2.75, 3.05) is 6.54 Å². The molecular weight excluding hydrogens is 306 g/mol. The predicted molar refractivity (Wildman–Crippen MR) is 88.9 cm³/mol. The maximum Gasteiger partial charge on any atom is 0.265 e. The molecule has 0 bridgehead atoms. The number of H-pyrrole nitrogens is 1. The van der Waals surface area contributed by atoms with Gasteiger partial charge in [-0.05, 0) is 36.2 Å². The minimum absolute atomic E-state index is 0.217. The lowest BCUT2D eigenvalue weighted by molar-refractivity contribution is 0.0954. The zero-order valence-corrected chi connectivity index (χ0v) is 12.9. The molecule has 1 aromatic carbocycles. The molecule has 24 heavy (non-hydrogen) atoms. The van der Waals surface area contributed by atoms with Crippen LogP contribution in [0.5, 0.6) is 0 Å². The number of carbonyl (C=O) groups excluding carboxylic acids is 2. The highest BCUT2D eigenvalue weighted by Crippen LogP contribution is 2.09. The Hall–Kier alpha value is -3.35. The van der Waals surface area contributed by atoms with Gasteiger partial charge in [-0.3, -0.25) is 9.59 Å². The van der Waals surface area contributed by atoms with Crippen molar-refractivity contribution in [3.63, 3.8) is 0 Å². The van der Waals surface area contributed by atoms with Crippen molar-refractivity contribution in [2.45, 2.75) is 6.42 Å². The number of hydrogen-bond donors (Lipinski definition) is 3. The number of aromatic amines is 1. The van der Waals surface area contributed by atoms with Crippen molar-refractivity contribution in [1.29, 1.82) is 0 Å². The van der Waals surface area contributed by atoms with Crippen LogP contribution in [0, 0.1) is 0 Å². The molecule has 2 amide bonds. The van der Waals surface area contributed by atoms with Crippen LogP contribution in [0.25, 0.3) is 5.69 Å². The fourth-order valence-corrected chi connectivity index (χ4v) is 2.33. The van der Waals surface area contributed by atoms with Crippen molar-refractivity contribution in [2.24, 2.45) is 5.73 Å². The first-order valence-corrected chi connectivity index (χ1v) is 7.49. The zero-order chi connectivity index (χ0) is 16.9. The number of aromatic nitrogens is 3. The number of benzene rings is 1. The Bertz CT molecular complexity index is 834. The van der Waals surface area contributed by atoms with E-state index in [0.717, 1.165) is 11.3 Å². The fourth-order valence-electron chi connectivity index (χ4n) is 2.33. The molecule has 7 nitrogen and oxygen atoms in total. The molecule has 2 heterocycles. The summed E-state index contributed by atoms with van der Waals surface area (Å²) in [4.78, 5) is 25.7. The number of primary amides is 1. The zero-order valence-electron chi connectivity index (χ0n) is 12.9. The molecule has 0 atom stereocenters. The molecule has 0 aliphatic carbocycles. The van der Waals surface area contributed by atoms with Crippen molar-refractivity contribution < 1.29 is 9.59 Å². The largest absolute Gasteiger partial charge is 0.364 e. The van der Waals surface area contributed by atoms with E-state index >= 15 is 0 Å². The summed E-state index contributed by atoms with van der Waals surface area (Å²) in [6.07, 6.45) is 5.78. The lowest BCUT2D eigenvalue weighted by Gasteiger charge is -2.06. The van der Waals surface area contributed by atoms with Crippen LogP contribution in [0.15, 0.2) is 55.0 Å². The molecule has 0 unspecified atom stereocenters. The molecule has 2 aromatic heterocycles. The average molecular weight is 323 g/mol. The summed E-state index contributed by atoms with van der Waals surface area (Å²) in [6.45, 7) is 0.497. The number of hydrogen-bond acceptors (Lipinski definition) is 3. The van der Waals surface area contributed by atoms with Crippen LogP contribution in [-0.4, -0.2) is 33.1 Å². The van der Waals surface area contributed by atoms with Gasteiger partial charge in [0.25, 0.3) is 11.8 Å². The molecule has 0 spiro atoms. The van der Waals surface area contributed by atoms with E-state index in [4.69, 9.17) is 5.73 Å². The minimum atomic E-state index is -0.591. The van der Waals surface area contributed by atoms with E-state index in [-0.39, 0.29) is 11.6 Å². The second-order valence-corrected chi connectivity index (χ2v) is 5.29. The Balaban J connectivity index is 1.52. The Morgan fingerprint density at radius 3 is 2.67 bits per heavy atom. The van der Waals surface area contributed by atoms with Gasteiger partial charge in [0.1, 0.15) is 5.69 Å². The van der Waals surface area contributed by atoms with Gasteiger partial charge in [0.05, 0.1) is 11.3 Å². The van der Waals surface area contributed by atoms with Crippen LogP contribution in [0.1, 0.15) is 26.4 Å². The van der Waals surface area contributed by atoms with Crippen LogP contribution in [0.3, 0.4) is 0 Å². The van der Waals surface area contributed by atoms with Crippen molar-refractivity contribution in [3.8, 4) is 5.69 Å². The lowest BCUT2D eigenvalue weighted by Crippen LogP contribution is -2.25. The topological polar surface area (TPSA) is 106 Å². The van der Waals surface area contributed by atoms with Gasteiger partial charge in [-0.25, -0.2) is 4.68 Å². The van der Waals surface area contributed by atoms with E-state index in [1.807, 2.05) is 36.5 Å². The van der Waals surface area contributed by atoms with Gasteiger partial charge in [-0.2, -0.15) is 5.10 Å². The number of rotatable bonds is 6. The highest BCUT2D eigenvalue weighted by molar-refractivity contribution is 5.98. The highest BCUT2D eigenvalue weighted by atomic mass is 16.2. The van der Waals surface area contributed by atoms with Gasteiger partial charge in [-0.15, -0.1) is 0 Å². The third-order valence-corrected chi connectivity index (χ3v) is 3.62. The molecule has 0 saturated carbocycles. The molecule has 0 fully saturated rings.